The number of hydrogen-bond acceptors (Lipinski definition) is 3. The molecule has 0 bridgehead atoms. The molecule has 0 saturated heterocycles. The Labute approximate surface area is 86.7 Å². The predicted molar refractivity (Wildman–Crippen MR) is 57.9 cm³/mol. The van der Waals surface area contributed by atoms with Gasteiger partial charge in [-0.3, -0.25) is 4.90 Å². The third kappa shape index (κ3) is 3.92. The fraction of sp³-hybridized carbons (Fsp3) is 0.727. The number of ether oxygens (including phenoxy) is 1. The van der Waals surface area contributed by atoms with Gasteiger partial charge < -0.3 is 4.74 Å². The Hall–Kier alpha value is -0.830. The quantitative estimate of drug-likeness (QED) is 0.373. The van der Waals surface area contributed by atoms with Crippen LogP contribution in [0.25, 0.3) is 0 Å². The predicted octanol–water partition coefficient (Wildman–Crippen LogP) is 2.18. The largest absolute Gasteiger partial charge is 0.443 e. The first-order valence-electron chi connectivity index (χ1n) is 5.15. The van der Waals surface area contributed by atoms with Gasteiger partial charge in [0.2, 0.25) is 0 Å². The topological polar surface area (TPSA) is 29.5 Å². The molecule has 0 aromatic heterocycles. The summed E-state index contributed by atoms with van der Waals surface area (Å²) in [5.41, 5.74) is 0. The van der Waals surface area contributed by atoms with E-state index in [0.29, 0.717) is 6.04 Å². The van der Waals surface area contributed by atoms with E-state index in [2.05, 4.69) is 32.3 Å². The molecule has 82 valence electrons. The van der Waals surface area contributed by atoms with Crippen LogP contribution in [0.1, 0.15) is 34.1 Å². The second kappa shape index (κ2) is 6.60. The third-order valence-corrected chi connectivity index (χ3v) is 2.44. The Morgan fingerprint density at radius 3 is 2.43 bits per heavy atom. The molecule has 0 saturated carbocycles. The monoisotopic (exact) mass is 199 g/mol. The Balaban J connectivity index is 4.23. The van der Waals surface area contributed by atoms with Crippen LogP contribution < -0.4 is 0 Å². The van der Waals surface area contributed by atoms with Gasteiger partial charge in [-0.15, -0.1) is 0 Å². The SMILES string of the molecule is C=CC(=O)OC(C)N(CC)C(C)CC. The van der Waals surface area contributed by atoms with Crippen molar-refractivity contribution in [2.45, 2.75) is 46.4 Å². The molecule has 0 N–H and O–H groups in total. The summed E-state index contributed by atoms with van der Waals surface area (Å²) in [5.74, 6) is -0.362. The summed E-state index contributed by atoms with van der Waals surface area (Å²) in [6.45, 7) is 12.4. The van der Waals surface area contributed by atoms with Crippen LogP contribution in [0.3, 0.4) is 0 Å². The minimum Gasteiger partial charge on any atom is -0.443 e. The lowest BCUT2D eigenvalue weighted by atomic mass is 10.2. The van der Waals surface area contributed by atoms with Gasteiger partial charge in [-0.25, -0.2) is 4.79 Å². The Morgan fingerprint density at radius 1 is 1.50 bits per heavy atom. The molecule has 3 heteroatoms. The highest BCUT2D eigenvalue weighted by Crippen LogP contribution is 2.09. The van der Waals surface area contributed by atoms with E-state index in [1.807, 2.05) is 6.92 Å². The zero-order valence-electron chi connectivity index (χ0n) is 9.62. The van der Waals surface area contributed by atoms with E-state index < -0.39 is 0 Å². The lowest BCUT2D eigenvalue weighted by molar-refractivity contribution is -0.153. The van der Waals surface area contributed by atoms with Gasteiger partial charge in [-0.1, -0.05) is 20.4 Å². The number of carbonyl (C=O) groups excluding carboxylic acids is 1. The third-order valence-electron chi connectivity index (χ3n) is 2.44. The Kier molecular flexibility index (Phi) is 6.21. The van der Waals surface area contributed by atoms with E-state index in [1.165, 1.54) is 6.08 Å². The van der Waals surface area contributed by atoms with Crippen molar-refractivity contribution in [3.8, 4) is 0 Å². The number of nitrogens with zero attached hydrogens (tertiary/aromatic N) is 1. The molecule has 2 atom stereocenters. The van der Waals surface area contributed by atoms with Gasteiger partial charge in [0, 0.05) is 12.1 Å². The molecule has 0 aliphatic heterocycles. The maximum absolute atomic E-state index is 11.0. The van der Waals surface area contributed by atoms with E-state index >= 15 is 0 Å². The second-order valence-electron chi connectivity index (χ2n) is 3.33. The van der Waals surface area contributed by atoms with Crippen LogP contribution in [-0.4, -0.2) is 29.7 Å². The first kappa shape index (κ1) is 13.2. The van der Waals surface area contributed by atoms with Crippen molar-refractivity contribution in [2.24, 2.45) is 0 Å². The first-order valence-corrected chi connectivity index (χ1v) is 5.15. The number of rotatable bonds is 6. The summed E-state index contributed by atoms with van der Waals surface area (Å²) in [5, 5.41) is 0. The van der Waals surface area contributed by atoms with Gasteiger partial charge in [0.25, 0.3) is 0 Å². The normalized spacial score (nSPS) is 14.9. The van der Waals surface area contributed by atoms with Crippen molar-refractivity contribution in [1.82, 2.24) is 4.90 Å². The van der Waals surface area contributed by atoms with Gasteiger partial charge >= 0.3 is 5.97 Å². The highest BCUT2D eigenvalue weighted by molar-refractivity contribution is 5.81. The molecule has 0 fully saturated rings. The molecule has 0 spiro atoms. The van der Waals surface area contributed by atoms with Crippen LogP contribution in [-0.2, 0) is 9.53 Å². The van der Waals surface area contributed by atoms with Gasteiger partial charge in [-0.05, 0) is 26.8 Å². The summed E-state index contributed by atoms with van der Waals surface area (Å²) in [4.78, 5) is 13.1. The fourth-order valence-corrected chi connectivity index (χ4v) is 1.45. The maximum atomic E-state index is 11.0. The summed E-state index contributed by atoms with van der Waals surface area (Å²) < 4.78 is 5.14. The smallest absolute Gasteiger partial charge is 0.331 e. The summed E-state index contributed by atoms with van der Waals surface area (Å²) >= 11 is 0. The highest BCUT2D eigenvalue weighted by Gasteiger charge is 2.19. The molecule has 2 unspecified atom stereocenters. The van der Waals surface area contributed by atoms with Crippen LogP contribution in [0.5, 0.6) is 0 Å². The van der Waals surface area contributed by atoms with Crippen molar-refractivity contribution in [3.63, 3.8) is 0 Å². The number of hydrogen-bond donors (Lipinski definition) is 0. The van der Waals surface area contributed by atoms with E-state index in [1.54, 1.807) is 0 Å². The fourth-order valence-electron chi connectivity index (χ4n) is 1.45. The Morgan fingerprint density at radius 2 is 2.07 bits per heavy atom. The summed E-state index contributed by atoms with van der Waals surface area (Å²) in [7, 11) is 0. The standard InChI is InChI=1S/C11H21NO2/c1-6-9(4)12(8-3)10(5)14-11(13)7-2/h7,9-10H,2,6,8H2,1,3-5H3. The Bertz CT molecular complexity index is 192. The molecule has 0 radical (unpaired) electrons. The maximum Gasteiger partial charge on any atom is 0.331 e. The van der Waals surface area contributed by atoms with Gasteiger partial charge in [0.05, 0.1) is 0 Å². The number of carbonyl (C=O) groups is 1. The summed E-state index contributed by atoms with van der Waals surface area (Å²) in [6, 6.07) is 0.424. The van der Waals surface area contributed by atoms with Crippen LogP contribution in [0, 0.1) is 0 Å². The highest BCUT2D eigenvalue weighted by atomic mass is 16.6. The molecule has 0 aliphatic rings. The molecule has 0 aromatic rings. The minimum atomic E-state index is -0.362. The second-order valence-corrected chi connectivity index (χ2v) is 3.33. The van der Waals surface area contributed by atoms with Crippen LogP contribution in [0.4, 0.5) is 0 Å². The molecule has 14 heavy (non-hydrogen) atoms. The molecule has 0 aliphatic carbocycles. The zero-order valence-corrected chi connectivity index (χ0v) is 9.62. The van der Waals surface area contributed by atoms with E-state index in [9.17, 15) is 4.79 Å². The van der Waals surface area contributed by atoms with Crippen molar-refractivity contribution in [2.75, 3.05) is 6.54 Å². The lowest BCUT2D eigenvalue weighted by Gasteiger charge is -2.32. The van der Waals surface area contributed by atoms with Crippen molar-refractivity contribution in [3.05, 3.63) is 12.7 Å². The van der Waals surface area contributed by atoms with E-state index in [0.717, 1.165) is 13.0 Å². The molecule has 0 aromatic carbocycles. The molecular weight excluding hydrogens is 178 g/mol. The van der Waals surface area contributed by atoms with Crippen molar-refractivity contribution in [1.29, 1.82) is 0 Å². The minimum absolute atomic E-state index is 0.180. The molecule has 0 amide bonds. The number of esters is 1. The van der Waals surface area contributed by atoms with Gasteiger partial charge in [0.15, 0.2) is 6.23 Å². The summed E-state index contributed by atoms with van der Waals surface area (Å²) in [6.07, 6.45) is 2.06. The van der Waals surface area contributed by atoms with E-state index in [-0.39, 0.29) is 12.2 Å². The molecule has 0 rings (SSSR count). The average molecular weight is 199 g/mol. The first-order chi connectivity index (χ1) is 6.56. The molecule has 0 heterocycles. The lowest BCUT2D eigenvalue weighted by Crippen LogP contribution is -2.42. The van der Waals surface area contributed by atoms with Gasteiger partial charge in [0.1, 0.15) is 0 Å². The molecule has 3 nitrogen and oxygen atoms in total. The molecular formula is C11H21NO2. The van der Waals surface area contributed by atoms with Crippen LogP contribution in [0.2, 0.25) is 0 Å². The van der Waals surface area contributed by atoms with Gasteiger partial charge in [-0.2, -0.15) is 0 Å². The van der Waals surface area contributed by atoms with Crippen molar-refractivity contribution < 1.29 is 9.53 Å². The zero-order chi connectivity index (χ0) is 11.1. The van der Waals surface area contributed by atoms with Crippen LogP contribution >= 0.6 is 0 Å². The van der Waals surface area contributed by atoms with E-state index in [4.69, 9.17) is 4.74 Å². The average Bonchev–Trinajstić information content (AvgIpc) is 2.18. The van der Waals surface area contributed by atoms with Crippen LogP contribution in [0.15, 0.2) is 12.7 Å². The van der Waals surface area contributed by atoms with Crippen molar-refractivity contribution >= 4 is 5.97 Å².